The molecule has 11 aromatic rings. The number of aryl methyl sites for hydroxylation is 1. The molecular weight excluding hydrogens is 1150 g/mol. The van der Waals surface area contributed by atoms with Crippen molar-refractivity contribution < 1.29 is 24.8 Å². The molecule has 0 saturated carbocycles. The van der Waals surface area contributed by atoms with Crippen LogP contribution in [0.5, 0.6) is 28.9 Å². The summed E-state index contributed by atoms with van der Waals surface area (Å²) in [6.45, 7) is 17.3. The first kappa shape index (κ1) is 60.8. The van der Waals surface area contributed by atoms with E-state index in [2.05, 4.69) is 115 Å². The van der Waals surface area contributed by atoms with Crippen LogP contribution in [0, 0.1) is 29.6 Å². The Balaban J connectivity index is 0.000000132. The molecule has 13 heterocycles. The lowest BCUT2D eigenvalue weighted by Crippen LogP contribution is -2.39. The molecule has 5 atom stereocenters. The third-order valence-electron chi connectivity index (χ3n) is 16.8. The first-order valence-corrected chi connectivity index (χ1v) is 30.8. The monoisotopic (exact) mass is 1220 g/mol. The molecule has 0 radical (unpaired) electrons. The zero-order valence-corrected chi connectivity index (χ0v) is 52.4. The highest BCUT2D eigenvalue weighted by molar-refractivity contribution is 5.90. The van der Waals surface area contributed by atoms with Crippen LogP contribution in [0.25, 0.3) is 84.1 Å². The normalized spacial score (nSPS) is 18.3. The number of nitrogens with zero attached hydrogens (tertiary/aromatic N) is 18. The van der Waals surface area contributed by atoms with E-state index in [9.17, 15) is 15.3 Å². The molecule has 23 nitrogen and oxygen atoms in total. The third kappa shape index (κ3) is 13.9. The number of hydrogen-bond donors (Lipinski definition) is 3. The number of anilines is 3. The van der Waals surface area contributed by atoms with Crippen molar-refractivity contribution in [2.75, 3.05) is 68.2 Å². The second-order valence-electron chi connectivity index (χ2n) is 24.5. The van der Waals surface area contributed by atoms with Crippen molar-refractivity contribution in [1.82, 2.24) is 74.9 Å². The number of benzene rings is 1. The average Bonchev–Trinajstić information content (AvgIpc) is 2.00. The number of pyridine rings is 5. The van der Waals surface area contributed by atoms with Crippen molar-refractivity contribution in [3.05, 3.63) is 135 Å². The Labute approximate surface area is 527 Å². The van der Waals surface area contributed by atoms with Crippen molar-refractivity contribution in [1.29, 1.82) is 0 Å². The summed E-state index contributed by atoms with van der Waals surface area (Å²) in [6, 6.07) is 27.9. The zero-order valence-electron chi connectivity index (χ0n) is 52.4. The Hall–Kier alpha value is -10.5. The van der Waals surface area contributed by atoms with Gasteiger partial charge >= 0.3 is 0 Å². The summed E-state index contributed by atoms with van der Waals surface area (Å²) in [5.74, 6) is 7.20. The van der Waals surface area contributed by atoms with Crippen LogP contribution in [0.4, 0.5) is 17.5 Å². The number of fused-ring (bicyclic) bond motifs is 2. The van der Waals surface area contributed by atoms with Gasteiger partial charge in [0.15, 0.2) is 23.1 Å². The van der Waals surface area contributed by atoms with E-state index in [-0.39, 0.29) is 17.2 Å². The Bertz CT molecular complexity index is 4300. The molecule has 23 heteroatoms. The molecule has 3 aliphatic heterocycles. The summed E-state index contributed by atoms with van der Waals surface area (Å²) < 4.78 is 14.1. The van der Waals surface area contributed by atoms with Crippen LogP contribution in [-0.4, -0.2) is 144 Å². The fraction of sp³-hybridized carbons (Fsp3) is 0.338. The molecule has 0 aliphatic carbocycles. The van der Waals surface area contributed by atoms with Crippen molar-refractivity contribution in [2.24, 2.45) is 36.6 Å². The predicted molar refractivity (Wildman–Crippen MR) is 350 cm³/mol. The molecule has 3 N–H and O–H groups in total. The SMILES string of the molecule is COc1cc(-c2cnc(-c3ccc(N4CCCC(C)C4)nn3)c(O)c2)cc2cn(C)nc12.COc1cc(-c2cnc(-c3ccc(N4C[C@H](C)C[C@H](C)C4)nn3)c(O)c2)ccn1.C[C@@H]1C[C@H](C)CN(c2ccc(-c3ncc(-c4ccc5ncnn5c4)cc3O)nn2)C1. The van der Waals surface area contributed by atoms with E-state index < -0.39 is 0 Å². The van der Waals surface area contributed by atoms with Gasteiger partial charge in [0.25, 0.3) is 0 Å². The molecule has 10 aromatic heterocycles. The Morgan fingerprint density at radius 1 is 0.473 bits per heavy atom. The van der Waals surface area contributed by atoms with Gasteiger partial charge in [0.1, 0.15) is 69.0 Å². The van der Waals surface area contributed by atoms with Gasteiger partial charge in [0, 0.05) is 117 Å². The highest BCUT2D eigenvalue weighted by Gasteiger charge is 2.26. The quantitative estimate of drug-likeness (QED) is 0.109. The Kier molecular flexibility index (Phi) is 17.9. The summed E-state index contributed by atoms with van der Waals surface area (Å²) in [5, 5.41) is 67.6. The largest absolute Gasteiger partial charge is 0.506 e. The van der Waals surface area contributed by atoms with Gasteiger partial charge in [-0.15, -0.1) is 30.6 Å². The number of aromatic nitrogens is 15. The second-order valence-corrected chi connectivity index (χ2v) is 24.5. The van der Waals surface area contributed by atoms with Gasteiger partial charge in [-0.05, 0) is 151 Å². The summed E-state index contributed by atoms with van der Waals surface area (Å²) in [6.07, 6.45) is 17.0. The number of aromatic hydroxyl groups is 3. The van der Waals surface area contributed by atoms with Crippen LogP contribution < -0.4 is 24.2 Å². The van der Waals surface area contributed by atoms with Crippen molar-refractivity contribution in [3.8, 4) is 96.4 Å². The Morgan fingerprint density at radius 3 is 1.48 bits per heavy atom. The number of hydrogen-bond acceptors (Lipinski definition) is 21. The predicted octanol–water partition coefficient (Wildman–Crippen LogP) is 11.3. The topological polar surface area (TPSA) is 266 Å². The van der Waals surface area contributed by atoms with Crippen molar-refractivity contribution in [3.63, 3.8) is 0 Å². The van der Waals surface area contributed by atoms with Gasteiger partial charge in [-0.3, -0.25) is 4.68 Å². The molecule has 3 saturated heterocycles. The van der Waals surface area contributed by atoms with Crippen LogP contribution in [0.3, 0.4) is 0 Å². The van der Waals surface area contributed by atoms with Crippen LogP contribution in [0.1, 0.15) is 60.3 Å². The fourth-order valence-electron chi connectivity index (χ4n) is 12.6. The van der Waals surface area contributed by atoms with Crippen LogP contribution in [0.2, 0.25) is 0 Å². The smallest absolute Gasteiger partial charge is 0.213 e. The fourth-order valence-corrected chi connectivity index (χ4v) is 12.6. The average molecular weight is 1220 g/mol. The van der Waals surface area contributed by atoms with E-state index in [1.807, 2.05) is 86.2 Å². The van der Waals surface area contributed by atoms with Crippen LogP contribution in [-0.2, 0) is 7.05 Å². The third-order valence-corrected chi connectivity index (χ3v) is 16.8. The van der Waals surface area contributed by atoms with E-state index in [0.29, 0.717) is 75.4 Å². The molecular formula is C68H74N18O5. The van der Waals surface area contributed by atoms with Gasteiger partial charge in [-0.1, -0.05) is 34.6 Å². The minimum absolute atomic E-state index is 0.0561. The van der Waals surface area contributed by atoms with Gasteiger partial charge in [-0.2, -0.15) is 10.2 Å². The second kappa shape index (κ2) is 26.7. The molecule has 3 fully saturated rings. The first-order valence-electron chi connectivity index (χ1n) is 30.8. The van der Waals surface area contributed by atoms with Gasteiger partial charge in [-0.25, -0.2) is 29.4 Å². The summed E-state index contributed by atoms with van der Waals surface area (Å²) in [5.41, 5.74) is 9.41. The lowest BCUT2D eigenvalue weighted by molar-refractivity contribution is 0.355. The molecule has 0 amide bonds. The number of piperidine rings is 3. The number of rotatable bonds is 11. The van der Waals surface area contributed by atoms with E-state index in [1.165, 1.54) is 32.0 Å². The van der Waals surface area contributed by atoms with Crippen LogP contribution >= 0.6 is 0 Å². The first-order chi connectivity index (χ1) is 44.1. The standard InChI is InChI=1S/C24H26N6O2.C22H23N7O.C22H25N5O2/c1-15-5-4-8-30(13-15)22-7-6-19(26-27-22)24-20(31)10-17(12-25-24)16-9-18-14-29(2)28-23(18)21(11-16)32-3;1-14-7-15(2)11-28(10-14)21-6-4-18(26-27-21)22-19(30)8-17(9-23-22)16-3-5-20-24-13-25-29(20)12-16;1-14-8-15(2)13-27(12-14)20-5-4-18(25-26-20)22-19(28)9-17(11-24-22)16-6-7-23-21(10-16)29-3/h6-7,9-12,14-15,31H,4-5,8,13H2,1-3H3;3-6,8-9,12-15,30H,7,10-11H2,1-2H3;4-7,9-11,14-15,28H,8,12-13H2,1-3H3/t;2*14-,15+. The van der Waals surface area contributed by atoms with E-state index in [0.717, 1.165) is 107 Å². The number of ether oxygens (including phenoxy) is 2. The van der Waals surface area contributed by atoms with Crippen molar-refractivity contribution in [2.45, 2.75) is 60.3 Å². The van der Waals surface area contributed by atoms with E-state index in [4.69, 9.17) is 9.47 Å². The van der Waals surface area contributed by atoms with Crippen molar-refractivity contribution >= 4 is 34.0 Å². The van der Waals surface area contributed by atoms with Gasteiger partial charge < -0.3 is 39.5 Å². The van der Waals surface area contributed by atoms with E-state index in [1.54, 1.807) is 72.5 Å². The molecule has 14 rings (SSSR count). The van der Waals surface area contributed by atoms with Gasteiger partial charge in [0.05, 0.1) is 14.2 Å². The molecule has 3 aliphatic rings. The highest BCUT2D eigenvalue weighted by atomic mass is 16.5. The van der Waals surface area contributed by atoms with Gasteiger partial charge in [0.2, 0.25) is 5.88 Å². The zero-order chi connectivity index (χ0) is 63.3. The lowest BCUT2D eigenvalue weighted by atomic mass is 9.92. The minimum Gasteiger partial charge on any atom is -0.506 e. The minimum atomic E-state index is 0.0561. The maximum Gasteiger partial charge on any atom is 0.213 e. The number of methoxy groups -OCH3 is 2. The summed E-state index contributed by atoms with van der Waals surface area (Å²) >= 11 is 0. The summed E-state index contributed by atoms with van der Waals surface area (Å²) in [7, 11) is 5.07. The molecule has 0 bridgehead atoms. The lowest BCUT2D eigenvalue weighted by Gasteiger charge is -2.35. The Morgan fingerprint density at radius 2 is 0.989 bits per heavy atom. The molecule has 0 spiro atoms. The molecule has 466 valence electrons. The molecule has 1 unspecified atom stereocenters. The summed E-state index contributed by atoms with van der Waals surface area (Å²) in [4.78, 5) is 28.4. The molecule has 91 heavy (non-hydrogen) atoms. The van der Waals surface area contributed by atoms with E-state index >= 15 is 0 Å². The van der Waals surface area contributed by atoms with Crippen LogP contribution in [0.15, 0.2) is 135 Å². The molecule has 1 aromatic carbocycles. The maximum absolute atomic E-state index is 10.7. The highest BCUT2D eigenvalue weighted by Crippen LogP contribution is 2.38. The maximum atomic E-state index is 10.7.